The summed E-state index contributed by atoms with van der Waals surface area (Å²) in [7, 11) is 4.11. The van der Waals surface area contributed by atoms with Crippen molar-refractivity contribution in [2.24, 2.45) is 0 Å². The lowest BCUT2D eigenvalue weighted by Crippen LogP contribution is -2.29. The first-order chi connectivity index (χ1) is 6.52. The van der Waals surface area contributed by atoms with Gasteiger partial charge in [-0.3, -0.25) is 4.79 Å². The zero-order valence-electron chi connectivity index (χ0n) is 9.42. The van der Waals surface area contributed by atoms with Gasteiger partial charge in [0.2, 0.25) is 0 Å². The van der Waals surface area contributed by atoms with Gasteiger partial charge in [0, 0.05) is 6.04 Å². The van der Waals surface area contributed by atoms with Gasteiger partial charge in [-0.2, -0.15) is 0 Å². The number of rotatable bonds is 8. The van der Waals surface area contributed by atoms with Crippen molar-refractivity contribution in [3.63, 3.8) is 0 Å². The third-order valence-corrected chi connectivity index (χ3v) is 2.01. The third kappa shape index (κ3) is 9.48. The van der Waals surface area contributed by atoms with Crippen molar-refractivity contribution in [2.45, 2.75) is 32.2 Å². The highest BCUT2D eigenvalue weighted by Gasteiger charge is 2.05. The van der Waals surface area contributed by atoms with E-state index in [0.29, 0.717) is 0 Å². The fourth-order valence-electron chi connectivity index (χ4n) is 1.24. The second kappa shape index (κ2) is 7.76. The van der Waals surface area contributed by atoms with Gasteiger partial charge in [-0.1, -0.05) is 0 Å². The summed E-state index contributed by atoms with van der Waals surface area (Å²) in [6.45, 7) is 3.90. The van der Waals surface area contributed by atoms with E-state index in [0.717, 1.165) is 25.9 Å². The number of hydrogen-bond donors (Lipinski definition) is 2. The van der Waals surface area contributed by atoms with Crippen LogP contribution in [0.3, 0.4) is 0 Å². The molecule has 0 aliphatic carbocycles. The van der Waals surface area contributed by atoms with Gasteiger partial charge in [0.05, 0.1) is 6.42 Å². The number of carboxylic acid groups (broad SMARTS) is 1. The zero-order valence-corrected chi connectivity index (χ0v) is 9.42. The predicted molar refractivity (Wildman–Crippen MR) is 57.5 cm³/mol. The monoisotopic (exact) mass is 202 g/mol. The van der Waals surface area contributed by atoms with Gasteiger partial charge in [-0.05, 0) is 47.0 Å². The first kappa shape index (κ1) is 13.4. The second-order valence-corrected chi connectivity index (χ2v) is 3.96. The Morgan fingerprint density at radius 3 is 2.57 bits per heavy atom. The van der Waals surface area contributed by atoms with Gasteiger partial charge >= 0.3 is 5.97 Å². The molecule has 0 radical (unpaired) electrons. The molecule has 0 rings (SSSR count). The molecule has 0 aromatic heterocycles. The fourth-order valence-corrected chi connectivity index (χ4v) is 1.24. The Balaban J connectivity index is 3.23. The first-order valence-electron chi connectivity index (χ1n) is 5.12. The molecule has 1 atom stereocenters. The molecule has 0 aliphatic rings. The lowest BCUT2D eigenvalue weighted by Gasteiger charge is -2.12. The minimum atomic E-state index is -0.738. The smallest absolute Gasteiger partial charge is 0.304 e. The molecular weight excluding hydrogens is 180 g/mol. The molecule has 4 nitrogen and oxygen atoms in total. The van der Waals surface area contributed by atoms with Crippen LogP contribution >= 0.6 is 0 Å². The minimum absolute atomic E-state index is 0.0758. The normalized spacial score (nSPS) is 13.1. The summed E-state index contributed by atoms with van der Waals surface area (Å²) in [6, 6.07) is 0.0758. The SMILES string of the molecule is CC(CC(=O)O)NCCCCN(C)C. The molecule has 0 spiro atoms. The second-order valence-electron chi connectivity index (χ2n) is 3.96. The average Bonchev–Trinajstić information content (AvgIpc) is 2.01. The molecule has 0 aliphatic heterocycles. The van der Waals surface area contributed by atoms with E-state index in [1.807, 2.05) is 6.92 Å². The van der Waals surface area contributed by atoms with Gasteiger partial charge in [0.25, 0.3) is 0 Å². The Morgan fingerprint density at radius 1 is 1.43 bits per heavy atom. The quantitative estimate of drug-likeness (QED) is 0.571. The lowest BCUT2D eigenvalue weighted by molar-refractivity contribution is -0.137. The van der Waals surface area contributed by atoms with Crippen LogP contribution in [0.2, 0.25) is 0 Å². The average molecular weight is 202 g/mol. The van der Waals surface area contributed by atoms with E-state index < -0.39 is 5.97 Å². The molecule has 0 aromatic rings. The summed E-state index contributed by atoms with van der Waals surface area (Å²) in [5.74, 6) is -0.738. The van der Waals surface area contributed by atoms with Crippen molar-refractivity contribution in [2.75, 3.05) is 27.2 Å². The van der Waals surface area contributed by atoms with Crippen LogP contribution in [0.4, 0.5) is 0 Å². The number of aliphatic carboxylic acids is 1. The Morgan fingerprint density at radius 2 is 2.07 bits per heavy atom. The van der Waals surface area contributed by atoms with Crippen molar-refractivity contribution in [3.05, 3.63) is 0 Å². The topological polar surface area (TPSA) is 52.6 Å². The standard InChI is InChI=1S/C10H22N2O2/c1-9(8-10(13)14)11-6-4-5-7-12(2)3/h9,11H,4-8H2,1-3H3,(H,13,14). The van der Waals surface area contributed by atoms with E-state index >= 15 is 0 Å². The highest BCUT2D eigenvalue weighted by Crippen LogP contribution is 1.93. The van der Waals surface area contributed by atoms with E-state index in [2.05, 4.69) is 24.3 Å². The number of nitrogens with zero attached hydrogens (tertiary/aromatic N) is 1. The summed E-state index contributed by atoms with van der Waals surface area (Å²) in [6.07, 6.45) is 2.45. The van der Waals surface area contributed by atoms with Crippen molar-refractivity contribution < 1.29 is 9.90 Å². The molecule has 0 saturated heterocycles. The molecule has 2 N–H and O–H groups in total. The van der Waals surface area contributed by atoms with Crippen LogP contribution in [0.25, 0.3) is 0 Å². The van der Waals surface area contributed by atoms with Gasteiger partial charge in [-0.25, -0.2) is 0 Å². The van der Waals surface area contributed by atoms with Crippen molar-refractivity contribution in [1.29, 1.82) is 0 Å². The molecule has 4 heteroatoms. The highest BCUT2D eigenvalue weighted by atomic mass is 16.4. The van der Waals surface area contributed by atoms with Crippen LogP contribution < -0.4 is 5.32 Å². The molecule has 1 unspecified atom stereocenters. The van der Waals surface area contributed by atoms with Gasteiger partial charge in [0.1, 0.15) is 0 Å². The van der Waals surface area contributed by atoms with Gasteiger partial charge in [0.15, 0.2) is 0 Å². The predicted octanol–water partition coefficient (Wildman–Crippen LogP) is 0.781. The molecule has 0 aromatic carbocycles. The lowest BCUT2D eigenvalue weighted by atomic mass is 10.2. The van der Waals surface area contributed by atoms with E-state index in [1.165, 1.54) is 0 Å². The van der Waals surface area contributed by atoms with Gasteiger partial charge in [-0.15, -0.1) is 0 Å². The number of nitrogens with one attached hydrogen (secondary N) is 1. The minimum Gasteiger partial charge on any atom is -0.481 e. The molecule has 0 amide bonds. The summed E-state index contributed by atoms with van der Waals surface area (Å²) in [5, 5.41) is 11.7. The van der Waals surface area contributed by atoms with Crippen molar-refractivity contribution >= 4 is 5.97 Å². The van der Waals surface area contributed by atoms with Crippen molar-refractivity contribution in [1.82, 2.24) is 10.2 Å². The van der Waals surface area contributed by atoms with E-state index in [9.17, 15) is 4.79 Å². The van der Waals surface area contributed by atoms with E-state index in [-0.39, 0.29) is 12.5 Å². The summed E-state index contributed by atoms with van der Waals surface area (Å²) in [5.41, 5.74) is 0. The van der Waals surface area contributed by atoms with Crippen LogP contribution in [0, 0.1) is 0 Å². The molecule has 84 valence electrons. The Bertz CT molecular complexity index is 160. The molecule has 0 bridgehead atoms. The first-order valence-corrected chi connectivity index (χ1v) is 5.12. The van der Waals surface area contributed by atoms with Crippen LogP contribution in [0.5, 0.6) is 0 Å². The van der Waals surface area contributed by atoms with Crippen molar-refractivity contribution in [3.8, 4) is 0 Å². The Hall–Kier alpha value is -0.610. The maximum Gasteiger partial charge on any atom is 0.304 e. The number of hydrogen-bond acceptors (Lipinski definition) is 3. The summed E-state index contributed by atoms with van der Waals surface area (Å²) < 4.78 is 0. The Kier molecular flexibility index (Phi) is 7.42. The van der Waals surface area contributed by atoms with Crippen LogP contribution in [-0.2, 0) is 4.79 Å². The van der Waals surface area contributed by atoms with Crippen LogP contribution in [0.1, 0.15) is 26.2 Å². The van der Waals surface area contributed by atoms with E-state index in [4.69, 9.17) is 5.11 Å². The number of carbonyl (C=O) groups is 1. The largest absolute Gasteiger partial charge is 0.481 e. The van der Waals surface area contributed by atoms with E-state index in [1.54, 1.807) is 0 Å². The highest BCUT2D eigenvalue weighted by molar-refractivity contribution is 5.67. The molecule has 0 heterocycles. The summed E-state index contributed by atoms with van der Waals surface area (Å²) in [4.78, 5) is 12.5. The number of unbranched alkanes of at least 4 members (excludes halogenated alkanes) is 1. The molecular formula is C10H22N2O2. The molecule has 0 saturated carbocycles. The maximum atomic E-state index is 10.3. The summed E-state index contributed by atoms with van der Waals surface area (Å²) >= 11 is 0. The third-order valence-electron chi connectivity index (χ3n) is 2.01. The fraction of sp³-hybridized carbons (Fsp3) is 0.900. The Labute approximate surface area is 86.3 Å². The maximum absolute atomic E-state index is 10.3. The number of carboxylic acids is 1. The molecule has 0 fully saturated rings. The van der Waals surface area contributed by atoms with Crippen LogP contribution in [0.15, 0.2) is 0 Å². The zero-order chi connectivity index (χ0) is 11.0. The van der Waals surface area contributed by atoms with Crippen LogP contribution in [-0.4, -0.2) is 49.2 Å². The molecule has 14 heavy (non-hydrogen) atoms. The van der Waals surface area contributed by atoms with Gasteiger partial charge < -0.3 is 15.3 Å².